The highest BCUT2D eigenvalue weighted by molar-refractivity contribution is 5.96. The van der Waals surface area contributed by atoms with Gasteiger partial charge in [0, 0.05) is 0 Å². The van der Waals surface area contributed by atoms with Gasteiger partial charge in [-0.2, -0.15) is 5.26 Å². The van der Waals surface area contributed by atoms with Crippen molar-refractivity contribution in [1.29, 1.82) is 5.26 Å². The number of methoxy groups -OCH3 is 1. The molecule has 0 aromatic heterocycles. The van der Waals surface area contributed by atoms with E-state index in [4.69, 9.17) is 19.8 Å². The number of rotatable bonds is 6. The van der Waals surface area contributed by atoms with Gasteiger partial charge in [0.05, 0.1) is 7.11 Å². The number of carboxylic acids is 1. The fourth-order valence-corrected chi connectivity index (χ4v) is 1.94. The van der Waals surface area contributed by atoms with Crippen LogP contribution in [0.1, 0.15) is 11.1 Å². The minimum absolute atomic E-state index is 0.343. The summed E-state index contributed by atoms with van der Waals surface area (Å²) >= 11 is 0. The molecule has 2 aromatic carbocycles. The predicted octanol–water partition coefficient (Wildman–Crippen LogP) is 3.27. The standard InChI is InChI=1S/C18H15NO4/c1-22-17-10-14(9-15(11-19)18(20)21)7-8-16(17)23-12-13-5-3-2-4-6-13/h2-10H,12H2,1H3,(H,20,21)/b15-9-. The first kappa shape index (κ1) is 16.1. The maximum Gasteiger partial charge on any atom is 0.346 e. The molecule has 23 heavy (non-hydrogen) atoms. The molecule has 0 fully saturated rings. The van der Waals surface area contributed by atoms with Gasteiger partial charge in [0.2, 0.25) is 0 Å². The van der Waals surface area contributed by atoms with Crippen molar-refractivity contribution < 1.29 is 19.4 Å². The lowest BCUT2D eigenvalue weighted by Crippen LogP contribution is -1.99. The quantitative estimate of drug-likeness (QED) is 0.654. The first-order valence-electron chi connectivity index (χ1n) is 6.84. The Morgan fingerprint density at radius 3 is 2.57 bits per heavy atom. The number of carbonyl (C=O) groups is 1. The van der Waals surface area contributed by atoms with Crippen molar-refractivity contribution >= 4 is 12.0 Å². The van der Waals surface area contributed by atoms with Crippen LogP contribution < -0.4 is 9.47 Å². The van der Waals surface area contributed by atoms with Crippen molar-refractivity contribution in [2.75, 3.05) is 7.11 Å². The lowest BCUT2D eigenvalue weighted by molar-refractivity contribution is -0.132. The zero-order valence-electron chi connectivity index (χ0n) is 12.5. The maximum atomic E-state index is 10.9. The van der Waals surface area contributed by atoms with Crippen LogP contribution in [0.3, 0.4) is 0 Å². The van der Waals surface area contributed by atoms with E-state index in [2.05, 4.69) is 0 Å². The average molecular weight is 309 g/mol. The van der Waals surface area contributed by atoms with E-state index >= 15 is 0 Å². The largest absolute Gasteiger partial charge is 0.493 e. The molecular weight excluding hydrogens is 294 g/mol. The van der Waals surface area contributed by atoms with Crippen LogP contribution in [0.4, 0.5) is 0 Å². The zero-order chi connectivity index (χ0) is 16.7. The lowest BCUT2D eigenvalue weighted by atomic mass is 10.1. The van der Waals surface area contributed by atoms with E-state index in [1.54, 1.807) is 24.3 Å². The lowest BCUT2D eigenvalue weighted by Gasteiger charge is -2.11. The molecule has 2 rings (SSSR count). The predicted molar refractivity (Wildman–Crippen MR) is 85.0 cm³/mol. The Hall–Kier alpha value is -3.26. The van der Waals surface area contributed by atoms with Crippen molar-refractivity contribution in [1.82, 2.24) is 0 Å². The molecule has 0 aliphatic rings. The van der Waals surface area contributed by atoms with E-state index < -0.39 is 5.97 Å². The Balaban J connectivity index is 2.20. The summed E-state index contributed by atoms with van der Waals surface area (Å²) in [5.74, 6) is -0.254. The first-order valence-corrected chi connectivity index (χ1v) is 6.84. The van der Waals surface area contributed by atoms with E-state index in [-0.39, 0.29) is 5.57 Å². The van der Waals surface area contributed by atoms with Gasteiger partial charge in [0.25, 0.3) is 0 Å². The summed E-state index contributed by atoms with van der Waals surface area (Å²) in [5, 5.41) is 17.7. The summed E-state index contributed by atoms with van der Waals surface area (Å²) in [6.45, 7) is 0.394. The molecule has 0 bridgehead atoms. The number of hydrogen-bond donors (Lipinski definition) is 1. The second-order valence-electron chi connectivity index (χ2n) is 4.66. The Morgan fingerprint density at radius 2 is 1.96 bits per heavy atom. The maximum absolute atomic E-state index is 10.9. The van der Waals surface area contributed by atoms with Crippen LogP contribution in [-0.2, 0) is 11.4 Å². The van der Waals surface area contributed by atoms with E-state index in [9.17, 15) is 4.79 Å². The molecule has 5 nitrogen and oxygen atoms in total. The van der Waals surface area contributed by atoms with E-state index in [0.717, 1.165) is 5.56 Å². The minimum Gasteiger partial charge on any atom is -0.493 e. The van der Waals surface area contributed by atoms with Crippen LogP contribution >= 0.6 is 0 Å². The zero-order valence-corrected chi connectivity index (χ0v) is 12.5. The number of nitriles is 1. The molecule has 0 saturated heterocycles. The van der Waals surface area contributed by atoms with Crippen LogP contribution in [0.15, 0.2) is 54.1 Å². The number of nitrogens with zero attached hydrogens (tertiary/aromatic N) is 1. The van der Waals surface area contributed by atoms with Crippen LogP contribution in [0.25, 0.3) is 6.08 Å². The second kappa shape index (κ2) is 7.66. The van der Waals surface area contributed by atoms with Gasteiger partial charge in [0.15, 0.2) is 11.5 Å². The van der Waals surface area contributed by atoms with Gasteiger partial charge in [-0.1, -0.05) is 36.4 Å². The molecule has 0 aliphatic heterocycles. The van der Waals surface area contributed by atoms with Gasteiger partial charge in [-0.15, -0.1) is 0 Å². The first-order chi connectivity index (χ1) is 11.1. The fraction of sp³-hybridized carbons (Fsp3) is 0.111. The Labute approximate surface area is 134 Å². The van der Waals surface area contributed by atoms with Crippen molar-refractivity contribution in [2.24, 2.45) is 0 Å². The third-order valence-corrected chi connectivity index (χ3v) is 3.09. The molecule has 116 valence electrons. The average Bonchev–Trinajstić information content (AvgIpc) is 2.58. The van der Waals surface area contributed by atoms with Crippen LogP contribution in [0.2, 0.25) is 0 Å². The monoisotopic (exact) mass is 309 g/mol. The number of benzene rings is 2. The third kappa shape index (κ3) is 4.35. The van der Waals surface area contributed by atoms with Crippen LogP contribution in [0.5, 0.6) is 11.5 Å². The molecule has 0 unspecified atom stereocenters. The van der Waals surface area contributed by atoms with Crippen molar-refractivity contribution in [3.63, 3.8) is 0 Å². The highest BCUT2D eigenvalue weighted by atomic mass is 16.5. The van der Waals surface area contributed by atoms with E-state index in [0.29, 0.717) is 23.7 Å². The van der Waals surface area contributed by atoms with Crippen molar-refractivity contribution in [3.05, 3.63) is 65.2 Å². The van der Waals surface area contributed by atoms with Gasteiger partial charge >= 0.3 is 5.97 Å². The number of aliphatic carboxylic acids is 1. The molecule has 2 aromatic rings. The van der Waals surface area contributed by atoms with Crippen molar-refractivity contribution in [3.8, 4) is 17.6 Å². The molecule has 0 saturated carbocycles. The SMILES string of the molecule is COc1cc(/C=C(/C#N)C(=O)O)ccc1OCc1ccccc1. The Morgan fingerprint density at radius 1 is 1.22 bits per heavy atom. The summed E-state index contributed by atoms with van der Waals surface area (Å²) in [5.41, 5.74) is 1.23. The summed E-state index contributed by atoms with van der Waals surface area (Å²) in [6.07, 6.45) is 1.28. The van der Waals surface area contributed by atoms with Crippen LogP contribution in [-0.4, -0.2) is 18.2 Å². The Kier molecular flexibility index (Phi) is 5.37. The molecule has 0 spiro atoms. The minimum atomic E-state index is -1.27. The number of hydrogen-bond acceptors (Lipinski definition) is 4. The van der Waals surface area contributed by atoms with Crippen molar-refractivity contribution in [2.45, 2.75) is 6.61 Å². The summed E-state index contributed by atoms with van der Waals surface area (Å²) in [6, 6.07) is 16.3. The molecule has 0 amide bonds. The third-order valence-electron chi connectivity index (χ3n) is 3.09. The van der Waals surface area contributed by atoms with Gasteiger partial charge in [-0.25, -0.2) is 4.79 Å². The molecular formula is C18H15NO4. The molecule has 1 N–H and O–H groups in total. The van der Waals surface area contributed by atoms with Crippen LogP contribution in [0, 0.1) is 11.3 Å². The summed E-state index contributed by atoms with van der Waals surface area (Å²) in [4.78, 5) is 10.9. The highest BCUT2D eigenvalue weighted by Gasteiger charge is 2.09. The van der Waals surface area contributed by atoms with Gasteiger partial charge in [-0.3, -0.25) is 0 Å². The number of ether oxygens (including phenoxy) is 2. The van der Waals surface area contributed by atoms with Gasteiger partial charge in [0.1, 0.15) is 18.2 Å². The molecule has 0 atom stereocenters. The molecule has 0 heterocycles. The van der Waals surface area contributed by atoms with E-state index in [1.165, 1.54) is 13.2 Å². The molecule has 0 aliphatic carbocycles. The van der Waals surface area contributed by atoms with E-state index in [1.807, 2.05) is 30.3 Å². The molecule has 0 radical (unpaired) electrons. The van der Waals surface area contributed by atoms with Gasteiger partial charge < -0.3 is 14.6 Å². The normalized spacial score (nSPS) is 10.7. The topological polar surface area (TPSA) is 79.5 Å². The smallest absolute Gasteiger partial charge is 0.346 e. The highest BCUT2D eigenvalue weighted by Crippen LogP contribution is 2.29. The second-order valence-corrected chi connectivity index (χ2v) is 4.66. The summed E-state index contributed by atoms with van der Waals surface area (Å²) < 4.78 is 11.0. The fourth-order valence-electron chi connectivity index (χ4n) is 1.94. The van der Waals surface area contributed by atoms with Gasteiger partial charge in [-0.05, 0) is 29.3 Å². The Bertz CT molecular complexity index is 760. The number of carboxylic acid groups (broad SMARTS) is 1. The summed E-state index contributed by atoms with van der Waals surface area (Å²) in [7, 11) is 1.50. The molecule has 5 heteroatoms.